The first-order chi connectivity index (χ1) is 8.90. The van der Waals surface area contributed by atoms with E-state index in [0.717, 1.165) is 10.6 Å². The molecule has 1 aromatic rings. The number of nitrogens with zero attached hydrogens (tertiary/aromatic N) is 1. The van der Waals surface area contributed by atoms with Crippen LogP contribution in [0.1, 0.15) is 6.92 Å². The van der Waals surface area contributed by atoms with Gasteiger partial charge in [-0.15, -0.1) is 0 Å². The lowest BCUT2D eigenvalue weighted by Crippen LogP contribution is -2.43. The maximum atomic E-state index is 11.8. The summed E-state index contributed by atoms with van der Waals surface area (Å²) in [5, 5.41) is 0. The van der Waals surface area contributed by atoms with E-state index in [4.69, 9.17) is 10.6 Å². The Kier molecular flexibility index (Phi) is 5.13. The molecule has 0 spiro atoms. The van der Waals surface area contributed by atoms with Crippen LogP contribution in [0.4, 0.5) is 5.69 Å². The Balaban J connectivity index is 3.21. The molecule has 0 radical (unpaired) electrons. The summed E-state index contributed by atoms with van der Waals surface area (Å²) in [4.78, 5) is 11.3. The smallest absolute Gasteiger partial charge is 0.254 e. The number of ether oxygens (including phenoxy) is 1. The van der Waals surface area contributed by atoms with Crippen molar-refractivity contribution in [3.63, 3.8) is 0 Å². The molecule has 0 saturated heterocycles. The summed E-state index contributed by atoms with van der Waals surface area (Å²) >= 11 is 0. The van der Waals surface area contributed by atoms with E-state index in [1.165, 1.54) is 0 Å². The summed E-state index contributed by atoms with van der Waals surface area (Å²) in [5.41, 5.74) is 2.20. The van der Waals surface area contributed by atoms with E-state index in [1.54, 1.807) is 31.2 Å². The number of anilines is 1. The zero-order chi connectivity index (χ0) is 14.5. The zero-order valence-corrected chi connectivity index (χ0v) is 11.6. The van der Waals surface area contributed by atoms with Gasteiger partial charge in [-0.1, -0.05) is 12.1 Å². The van der Waals surface area contributed by atoms with Gasteiger partial charge in [-0.2, -0.15) is 0 Å². The van der Waals surface area contributed by atoms with Crippen molar-refractivity contribution >= 4 is 21.6 Å². The summed E-state index contributed by atoms with van der Waals surface area (Å²) < 4.78 is 29.9. The number of amides is 1. The van der Waals surface area contributed by atoms with Gasteiger partial charge in [-0.25, -0.2) is 14.3 Å². The van der Waals surface area contributed by atoms with E-state index >= 15 is 0 Å². The van der Waals surface area contributed by atoms with Crippen LogP contribution >= 0.6 is 0 Å². The maximum absolute atomic E-state index is 11.8. The topological polar surface area (TPSA) is 102 Å². The molecule has 0 unspecified atom stereocenters. The molecule has 8 heteroatoms. The van der Waals surface area contributed by atoms with Crippen LogP contribution in [0.25, 0.3) is 0 Å². The normalized spacial score (nSPS) is 10.9. The number of hydrogen-bond acceptors (Lipinski definition) is 5. The molecule has 0 bridgehead atoms. The number of para-hydroxylation sites is 2. The SMILES string of the molecule is CCOc1ccccc1N(CC(=O)NN)S(C)(=O)=O. The maximum Gasteiger partial charge on any atom is 0.254 e. The Morgan fingerprint density at radius 3 is 2.58 bits per heavy atom. The number of nitrogens with two attached hydrogens (primary N) is 1. The largest absolute Gasteiger partial charge is 0.492 e. The van der Waals surface area contributed by atoms with Crippen LogP contribution in [0.2, 0.25) is 0 Å². The van der Waals surface area contributed by atoms with E-state index in [2.05, 4.69) is 0 Å². The number of rotatable bonds is 6. The van der Waals surface area contributed by atoms with E-state index in [-0.39, 0.29) is 0 Å². The second-order valence-corrected chi connectivity index (χ2v) is 5.64. The van der Waals surface area contributed by atoms with Gasteiger partial charge in [0.05, 0.1) is 18.6 Å². The molecule has 0 atom stereocenters. The van der Waals surface area contributed by atoms with Crippen LogP contribution in [-0.4, -0.2) is 33.7 Å². The Morgan fingerprint density at radius 2 is 2.05 bits per heavy atom. The first-order valence-corrected chi connectivity index (χ1v) is 7.44. The molecular weight excluding hydrogens is 270 g/mol. The van der Waals surface area contributed by atoms with Gasteiger partial charge in [0.1, 0.15) is 12.3 Å². The monoisotopic (exact) mass is 287 g/mol. The summed E-state index contributed by atoms with van der Waals surface area (Å²) in [5.74, 6) is 4.76. The number of benzene rings is 1. The fourth-order valence-electron chi connectivity index (χ4n) is 1.50. The third-order valence-corrected chi connectivity index (χ3v) is 3.41. The molecule has 0 fully saturated rings. The fourth-order valence-corrected chi connectivity index (χ4v) is 2.36. The number of carbonyl (C=O) groups is 1. The molecule has 0 aliphatic carbocycles. The summed E-state index contributed by atoms with van der Waals surface area (Å²) in [6.07, 6.45) is 1.01. The van der Waals surface area contributed by atoms with Crippen molar-refractivity contribution in [2.45, 2.75) is 6.92 Å². The standard InChI is InChI=1S/C11H17N3O4S/c1-3-18-10-7-5-4-6-9(10)14(19(2,16)17)8-11(15)13-12/h4-7H,3,8,12H2,1-2H3,(H,13,15). The van der Waals surface area contributed by atoms with Gasteiger partial charge in [0.2, 0.25) is 10.0 Å². The molecule has 0 aliphatic heterocycles. The first kappa shape index (κ1) is 15.3. The lowest BCUT2D eigenvalue weighted by Gasteiger charge is -2.23. The highest BCUT2D eigenvalue weighted by molar-refractivity contribution is 7.92. The number of sulfonamides is 1. The minimum Gasteiger partial charge on any atom is -0.492 e. The molecule has 0 aromatic heterocycles. The highest BCUT2D eigenvalue weighted by Gasteiger charge is 2.23. The fraction of sp³-hybridized carbons (Fsp3) is 0.364. The lowest BCUT2D eigenvalue weighted by molar-refractivity contribution is -0.119. The third kappa shape index (κ3) is 4.11. The van der Waals surface area contributed by atoms with E-state index in [9.17, 15) is 13.2 Å². The van der Waals surface area contributed by atoms with Crippen molar-refractivity contribution in [1.82, 2.24) is 5.43 Å². The average Bonchev–Trinajstić information content (AvgIpc) is 2.35. The molecule has 0 aliphatic rings. The molecule has 19 heavy (non-hydrogen) atoms. The number of hydrogen-bond donors (Lipinski definition) is 2. The molecule has 1 amide bonds. The van der Waals surface area contributed by atoms with Crippen molar-refractivity contribution in [3.8, 4) is 5.75 Å². The first-order valence-electron chi connectivity index (χ1n) is 5.59. The van der Waals surface area contributed by atoms with E-state index < -0.39 is 22.5 Å². The van der Waals surface area contributed by atoms with Crippen LogP contribution in [0, 0.1) is 0 Å². The highest BCUT2D eigenvalue weighted by Crippen LogP contribution is 2.29. The molecule has 3 N–H and O–H groups in total. The predicted molar refractivity (Wildman–Crippen MR) is 72.1 cm³/mol. The molecule has 7 nitrogen and oxygen atoms in total. The lowest BCUT2D eigenvalue weighted by atomic mass is 10.3. The summed E-state index contributed by atoms with van der Waals surface area (Å²) in [6, 6.07) is 6.58. The Morgan fingerprint density at radius 1 is 1.42 bits per heavy atom. The van der Waals surface area contributed by atoms with Crippen molar-refractivity contribution in [2.24, 2.45) is 5.84 Å². The predicted octanol–water partition coefficient (Wildman–Crippen LogP) is -0.159. The minimum absolute atomic E-state index is 0.301. The highest BCUT2D eigenvalue weighted by atomic mass is 32.2. The summed E-state index contributed by atoms with van der Waals surface area (Å²) in [6.45, 7) is 1.77. The van der Waals surface area contributed by atoms with E-state index in [1.807, 2.05) is 5.43 Å². The van der Waals surface area contributed by atoms with Gasteiger partial charge < -0.3 is 4.74 Å². The number of hydrazine groups is 1. The molecule has 1 aromatic carbocycles. The van der Waals surface area contributed by atoms with Crippen LogP contribution in [-0.2, 0) is 14.8 Å². The van der Waals surface area contributed by atoms with Crippen molar-refractivity contribution < 1.29 is 17.9 Å². The average molecular weight is 287 g/mol. The quantitative estimate of drug-likeness (QED) is 0.430. The molecular formula is C11H17N3O4S. The zero-order valence-electron chi connectivity index (χ0n) is 10.8. The van der Waals surface area contributed by atoms with Gasteiger partial charge in [0.25, 0.3) is 5.91 Å². The summed E-state index contributed by atoms with van der Waals surface area (Å²) in [7, 11) is -3.63. The minimum atomic E-state index is -3.63. The molecule has 106 valence electrons. The molecule has 0 saturated carbocycles. The Labute approximate surface area is 112 Å². The van der Waals surface area contributed by atoms with Crippen LogP contribution in [0.5, 0.6) is 5.75 Å². The van der Waals surface area contributed by atoms with Crippen LogP contribution in [0.3, 0.4) is 0 Å². The van der Waals surface area contributed by atoms with Crippen molar-refractivity contribution in [3.05, 3.63) is 24.3 Å². The second-order valence-electron chi connectivity index (χ2n) is 3.74. The van der Waals surface area contributed by atoms with Crippen molar-refractivity contribution in [2.75, 3.05) is 23.7 Å². The Hall–Kier alpha value is -1.80. The number of nitrogens with one attached hydrogen (secondary N) is 1. The molecule has 1 rings (SSSR count). The van der Waals surface area contributed by atoms with Gasteiger partial charge in [0, 0.05) is 0 Å². The third-order valence-electron chi connectivity index (χ3n) is 2.28. The number of carbonyl (C=O) groups excluding carboxylic acids is 1. The van der Waals surface area contributed by atoms with Crippen LogP contribution < -0.4 is 20.3 Å². The van der Waals surface area contributed by atoms with Gasteiger partial charge >= 0.3 is 0 Å². The second kappa shape index (κ2) is 6.39. The van der Waals surface area contributed by atoms with Crippen molar-refractivity contribution in [1.29, 1.82) is 0 Å². The van der Waals surface area contributed by atoms with Gasteiger partial charge in [-0.3, -0.25) is 14.5 Å². The van der Waals surface area contributed by atoms with E-state index in [0.29, 0.717) is 18.0 Å². The van der Waals surface area contributed by atoms with Gasteiger partial charge in [-0.05, 0) is 19.1 Å². The molecule has 0 heterocycles. The van der Waals surface area contributed by atoms with Gasteiger partial charge in [0.15, 0.2) is 0 Å². The van der Waals surface area contributed by atoms with Crippen LogP contribution in [0.15, 0.2) is 24.3 Å². The Bertz CT molecular complexity index is 545.